The van der Waals surface area contributed by atoms with Crippen LogP contribution in [0, 0.1) is 0 Å². The van der Waals surface area contributed by atoms with Crippen molar-refractivity contribution in [2.24, 2.45) is 0 Å². The zero-order chi connectivity index (χ0) is 20.8. The number of anilines is 1. The fraction of sp³-hybridized carbons (Fsp3) is 0.286. The zero-order valence-corrected chi connectivity index (χ0v) is 17.6. The van der Waals surface area contributed by atoms with Crippen molar-refractivity contribution in [2.75, 3.05) is 25.3 Å². The van der Waals surface area contributed by atoms with Gasteiger partial charge in [0, 0.05) is 17.3 Å². The standard InChI is InChI=1S/C21H23N3O4S/c1-13(2)17-7-5-6-8-18(17)22-19(25)12-29-21-24-23-20(28-21)14-9-15(26-3)11-16(10-14)27-4/h5-11,13H,12H2,1-4H3,(H,22,25). The predicted octanol–water partition coefficient (Wildman–Crippen LogP) is 4.61. The van der Waals surface area contributed by atoms with E-state index in [2.05, 4.69) is 29.4 Å². The molecule has 1 aromatic heterocycles. The van der Waals surface area contributed by atoms with Gasteiger partial charge in [-0.25, -0.2) is 0 Å². The number of methoxy groups -OCH3 is 2. The number of carbonyl (C=O) groups excluding carboxylic acids is 1. The summed E-state index contributed by atoms with van der Waals surface area (Å²) in [6, 6.07) is 13.1. The van der Waals surface area contributed by atoms with Crippen LogP contribution in [0.15, 0.2) is 52.1 Å². The molecule has 0 fully saturated rings. The van der Waals surface area contributed by atoms with Gasteiger partial charge in [0.25, 0.3) is 5.22 Å². The first-order valence-corrected chi connectivity index (χ1v) is 10.1. The average Bonchev–Trinajstić information content (AvgIpc) is 3.21. The third-order valence-corrected chi connectivity index (χ3v) is 5.01. The second-order valence-electron chi connectivity index (χ2n) is 6.55. The van der Waals surface area contributed by atoms with Gasteiger partial charge in [-0.15, -0.1) is 10.2 Å². The van der Waals surface area contributed by atoms with Crippen molar-refractivity contribution in [3.05, 3.63) is 48.0 Å². The minimum Gasteiger partial charge on any atom is -0.497 e. The summed E-state index contributed by atoms with van der Waals surface area (Å²) in [7, 11) is 3.15. The lowest BCUT2D eigenvalue weighted by atomic mass is 10.0. The summed E-state index contributed by atoms with van der Waals surface area (Å²) in [5.74, 6) is 1.92. The highest BCUT2D eigenvalue weighted by Gasteiger charge is 2.14. The lowest BCUT2D eigenvalue weighted by molar-refractivity contribution is -0.113. The van der Waals surface area contributed by atoms with E-state index >= 15 is 0 Å². The number of rotatable bonds is 8. The average molecular weight is 413 g/mol. The summed E-state index contributed by atoms with van der Waals surface area (Å²) in [5, 5.41) is 11.3. The quantitative estimate of drug-likeness (QED) is 0.540. The molecular formula is C21H23N3O4S. The predicted molar refractivity (Wildman–Crippen MR) is 113 cm³/mol. The molecule has 3 rings (SSSR count). The lowest BCUT2D eigenvalue weighted by Gasteiger charge is -2.13. The number of nitrogens with one attached hydrogen (secondary N) is 1. The van der Waals surface area contributed by atoms with Crippen LogP contribution >= 0.6 is 11.8 Å². The Labute approximate surface area is 173 Å². The van der Waals surface area contributed by atoms with Crippen LogP contribution in [0.4, 0.5) is 5.69 Å². The minimum atomic E-state index is -0.133. The van der Waals surface area contributed by atoms with Gasteiger partial charge in [0.2, 0.25) is 11.8 Å². The Kier molecular flexibility index (Phi) is 6.77. The van der Waals surface area contributed by atoms with Crippen LogP contribution in [-0.4, -0.2) is 36.1 Å². The van der Waals surface area contributed by atoms with E-state index in [1.165, 1.54) is 11.8 Å². The number of carbonyl (C=O) groups is 1. The molecule has 8 heteroatoms. The van der Waals surface area contributed by atoms with E-state index in [0.29, 0.717) is 34.1 Å². The molecule has 1 amide bonds. The molecule has 0 spiro atoms. The van der Waals surface area contributed by atoms with Gasteiger partial charge in [0.15, 0.2) is 0 Å². The number of para-hydroxylation sites is 1. The Balaban J connectivity index is 1.65. The third kappa shape index (κ3) is 5.29. The number of nitrogens with zero attached hydrogens (tertiary/aromatic N) is 2. The molecule has 3 aromatic rings. The number of hydrogen-bond donors (Lipinski definition) is 1. The lowest BCUT2D eigenvalue weighted by Crippen LogP contribution is -2.15. The van der Waals surface area contributed by atoms with Gasteiger partial charge in [0.1, 0.15) is 11.5 Å². The second kappa shape index (κ2) is 9.47. The Hall–Kier alpha value is -3.00. The van der Waals surface area contributed by atoms with Crippen molar-refractivity contribution in [3.8, 4) is 23.0 Å². The number of ether oxygens (including phenoxy) is 2. The summed E-state index contributed by atoms with van der Waals surface area (Å²) in [6.45, 7) is 4.18. The Morgan fingerprint density at radius 2 is 1.79 bits per heavy atom. The van der Waals surface area contributed by atoms with Crippen LogP contribution in [-0.2, 0) is 4.79 Å². The SMILES string of the molecule is COc1cc(OC)cc(-c2nnc(SCC(=O)Nc3ccccc3C(C)C)o2)c1. The number of benzene rings is 2. The van der Waals surface area contributed by atoms with Crippen LogP contribution in [0.5, 0.6) is 11.5 Å². The van der Waals surface area contributed by atoms with Gasteiger partial charge in [-0.2, -0.15) is 0 Å². The highest BCUT2D eigenvalue weighted by atomic mass is 32.2. The van der Waals surface area contributed by atoms with E-state index in [1.54, 1.807) is 32.4 Å². The molecule has 1 heterocycles. The van der Waals surface area contributed by atoms with Crippen molar-refractivity contribution in [1.29, 1.82) is 0 Å². The largest absolute Gasteiger partial charge is 0.497 e. The van der Waals surface area contributed by atoms with E-state index in [4.69, 9.17) is 13.9 Å². The molecule has 152 valence electrons. The first-order valence-electron chi connectivity index (χ1n) is 9.08. The summed E-state index contributed by atoms with van der Waals surface area (Å²) in [4.78, 5) is 12.3. The topological polar surface area (TPSA) is 86.5 Å². The normalized spacial score (nSPS) is 10.8. The zero-order valence-electron chi connectivity index (χ0n) is 16.8. The van der Waals surface area contributed by atoms with E-state index < -0.39 is 0 Å². The molecule has 0 aliphatic carbocycles. The summed E-state index contributed by atoms with van der Waals surface area (Å²) >= 11 is 1.18. The summed E-state index contributed by atoms with van der Waals surface area (Å²) < 4.78 is 16.2. The summed E-state index contributed by atoms with van der Waals surface area (Å²) in [6.07, 6.45) is 0. The third-order valence-electron chi connectivity index (χ3n) is 4.19. The van der Waals surface area contributed by atoms with E-state index in [-0.39, 0.29) is 11.7 Å². The molecule has 0 radical (unpaired) electrons. The molecule has 1 N–H and O–H groups in total. The van der Waals surface area contributed by atoms with Crippen molar-refractivity contribution in [3.63, 3.8) is 0 Å². The van der Waals surface area contributed by atoms with Gasteiger partial charge < -0.3 is 19.2 Å². The van der Waals surface area contributed by atoms with Crippen LogP contribution in [0.25, 0.3) is 11.5 Å². The Bertz CT molecular complexity index is 965. The highest BCUT2D eigenvalue weighted by Crippen LogP contribution is 2.30. The van der Waals surface area contributed by atoms with Crippen molar-refractivity contribution >= 4 is 23.4 Å². The number of aromatic nitrogens is 2. The fourth-order valence-corrected chi connectivity index (χ4v) is 3.31. The molecule has 0 aliphatic rings. The molecule has 0 atom stereocenters. The van der Waals surface area contributed by atoms with E-state index in [1.807, 2.05) is 24.3 Å². The number of thioether (sulfide) groups is 1. The van der Waals surface area contributed by atoms with Crippen LogP contribution in [0.2, 0.25) is 0 Å². The Morgan fingerprint density at radius 3 is 2.45 bits per heavy atom. The highest BCUT2D eigenvalue weighted by molar-refractivity contribution is 7.99. The molecule has 0 saturated carbocycles. The van der Waals surface area contributed by atoms with Crippen molar-refractivity contribution in [2.45, 2.75) is 25.0 Å². The van der Waals surface area contributed by atoms with Gasteiger partial charge in [-0.3, -0.25) is 4.79 Å². The molecule has 0 saturated heterocycles. The van der Waals surface area contributed by atoms with Gasteiger partial charge in [-0.1, -0.05) is 43.8 Å². The smallest absolute Gasteiger partial charge is 0.277 e. The van der Waals surface area contributed by atoms with E-state index in [9.17, 15) is 4.79 Å². The second-order valence-corrected chi connectivity index (χ2v) is 7.48. The van der Waals surface area contributed by atoms with Crippen LogP contribution < -0.4 is 14.8 Å². The first-order chi connectivity index (χ1) is 14.0. The van der Waals surface area contributed by atoms with Crippen LogP contribution in [0.3, 0.4) is 0 Å². The molecule has 0 bridgehead atoms. The number of amides is 1. The van der Waals surface area contributed by atoms with Crippen LogP contribution in [0.1, 0.15) is 25.3 Å². The monoisotopic (exact) mass is 413 g/mol. The minimum absolute atomic E-state index is 0.133. The van der Waals surface area contributed by atoms with Gasteiger partial charge >= 0.3 is 0 Å². The molecule has 0 aliphatic heterocycles. The maximum Gasteiger partial charge on any atom is 0.277 e. The van der Waals surface area contributed by atoms with Gasteiger partial charge in [0.05, 0.1) is 20.0 Å². The molecule has 0 unspecified atom stereocenters. The molecule has 7 nitrogen and oxygen atoms in total. The summed E-state index contributed by atoms with van der Waals surface area (Å²) in [5.41, 5.74) is 2.59. The number of hydrogen-bond acceptors (Lipinski definition) is 7. The first kappa shape index (κ1) is 20.7. The molecule has 2 aromatic carbocycles. The van der Waals surface area contributed by atoms with Gasteiger partial charge in [-0.05, 0) is 29.7 Å². The molecular weight excluding hydrogens is 390 g/mol. The van der Waals surface area contributed by atoms with E-state index in [0.717, 1.165) is 11.3 Å². The fourth-order valence-electron chi connectivity index (χ4n) is 2.74. The maximum absolute atomic E-state index is 12.3. The van der Waals surface area contributed by atoms with Crippen molar-refractivity contribution < 1.29 is 18.7 Å². The van der Waals surface area contributed by atoms with Crippen molar-refractivity contribution in [1.82, 2.24) is 10.2 Å². The molecule has 29 heavy (non-hydrogen) atoms. The maximum atomic E-state index is 12.3. The Morgan fingerprint density at radius 1 is 1.10 bits per heavy atom.